The van der Waals surface area contributed by atoms with Crippen LogP contribution in [0.5, 0.6) is 0 Å². The van der Waals surface area contributed by atoms with Crippen molar-refractivity contribution in [1.82, 2.24) is 5.32 Å². The van der Waals surface area contributed by atoms with Gasteiger partial charge in [0.15, 0.2) is 13.1 Å². The number of carbonyl (C=O) groups is 2. The molecule has 134 valence electrons. The summed E-state index contributed by atoms with van der Waals surface area (Å²) in [4.78, 5) is 25.2. The van der Waals surface area contributed by atoms with Gasteiger partial charge in [-0.1, -0.05) is 12.1 Å². The number of anilines is 1. The van der Waals surface area contributed by atoms with Crippen LogP contribution in [-0.2, 0) is 9.59 Å². The van der Waals surface area contributed by atoms with Crippen LogP contribution in [0.2, 0.25) is 0 Å². The fourth-order valence-corrected chi connectivity index (χ4v) is 2.91. The number of carbonyl (C=O) groups excluding carboxylic acids is 2. The molecule has 0 bridgehead atoms. The Morgan fingerprint density at radius 2 is 1.92 bits per heavy atom. The maximum atomic E-state index is 12.2. The van der Waals surface area contributed by atoms with Gasteiger partial charge in [-0.15, -0.1) is 0 Å². The molecule has 0 saturated heterocycles. The van der Waals surface area contributed by atoms with Crippen molar-refractivity contribution in [2.75, 3.05) is 25.5 Å². The Balaban J connectivity index is 1.84. The number of likely N-dealkylation sites (N-methyl/N-ethyl adjacent to an activating group) is 1. The van der Waals surface area contributed by atoms with E-state index in [0.717, 1.165) is 34.6 Å². The molecule has 0 aromatic heterocycles. The van der Waals surface area contributed by atoms with E-state index >= 15 is 0 Å². The Labute approximate surface area is 149 Å². The highest BCUT2D eigenvalue weighted by molar-refractivity contribution is 5.92. The monoisotopic (exact) mass is 343 g/mol. The number of nitriles is 1. The quantitative estimate of drug-likeness (QED) is 0.676. The maximum Gasteiger partial charge on any atom is 0.279 e. The molecular formula is C19H27N4O2+. The zero-order valence-corrected chi connectivity index (χ0v) is 15.4. The first-order valence-electron chi connectivity index (χ1n) is 8.65. The van der Waals surface area contributed by atoms with Crippen molar-refractivity contribution in [2.45, 2.75) is 39.2 Å². The number of benzene rings is 1. The molecule has 0 heterocycles. The van der Waals surface area contributed by atoms with E-state index in [1.54, 1.807) is 14.0 Å². The molecule has 1 aliphatic carbocycles. The predicted molar refractivity (Wildman–Crippen MR) is 96.1 cm³/mol. The van der Waals surface area contributed by atoms with Gasteiger partial charge >= 0.3 is 0 Å². The first kappa shape index (κ1) is 18.9. The third-order valence-corrected chi connectivity index (χ3v) is 4.83. The van der Waals surface area contributed by atoms with Gasteiger partial charge in [-0.2, -0.15) is 5.26 Å². The fraction of sp³-hybridized carbons (Fsp3) is 0.526. The highest BCUT2D eigenvalue weighted by atomic mass is 16.2. The van der Waals surface area contributed by atoms with Gasteiger partial charge in [0.1, 0.15) is 5.54 Å². The second kappa shape index (κ2) is 7.66. The lowest BCUT2D eigenvalue weighted by Crippen LogP contribution is -3.11. The molecule has 1 unspecified atom stereocenters. The zero-order valence-electron chi connectivity index (χ0n) is 15.4. The molecule has 0 spiro atoms. The summed E-state index contributed by atoms with van der Waals surface area (Å²) in [6, 6.07) is 7.98. The molecule has 0 aliphatic heterocycles. The molecular weight excluding hydrogens is 316 g/mol. The predicted octanol–water partition coefficient (Wildman–Crippen LogP) is 0.565. The third-order valence-electron chi connectivity index (χ3n) is 4.83. The van der Waals surface area contributed by atoms with Crippen LogP contribution in [0.3, 0.4) is 0 Å². The molecule has 1 fully saturated rings. The topological polar surface area (TPSA) is 86.4 Å². The largest absolute Gasteiger partial charge is 0.333 e. The van der Waals surface area contributed by atoms with E-state index in [0.29, 0.717) is 0 Å². The lowest BCUT2D eigenvalue weighted by atomic mass is 9.98. The number of hydrogen-bond donors (Lipinski definition) is 3. The van der Waals surface area contributed by atoms with Crippen LogP contribution >= 0.6 is 0 Å². The van der Waals surface area contributed by atoms with Crippen molar-refractivity contribution in [3.8, 4) is 6.07 Å². The Hall–Kier alpha value is -2.39. The first-order chi connectivity index (χ1) is 11.7. The Morgan fingerprint density at radius 3 is 2.52 bits per heavy atom. The zero-order chi connectivity index (χ0) is 18.6. The van der Waals surface area contributed by atoms with Gasteiger partial charge in [-0.25, -0.2) is 0 Å². The summed E-state index contributed by atoms with van der Waals surface area (Å²) in [6.07, 6.45) is 1.95. The average molecular weight is 343 g/mol. The molecule has 25 heavy (non-hydrogen) atoms. The van der Waals surface area contributed by atoms with Gasteiger partial charge in [0.2, 0.25) is 0 Å². The number of rotatable bonds is 7. The minimum atomic E-state index is -0.793. The van der Waals surface area contributed by atoms with Crippen molar-refractivity contribution >= 4 is 17.5 Å². The molecule has 1 aliphatic rings. The Morgan fingerprint density at radius 1 is 1.28 bits per heavy atom. The smallest absolute Gasteiger partial charge is 0.279 e. The van der Waals surface area contributed by atoms with E-state index in [1.807, 2.05) is 32.0 Å². The highest BCUT2D eigenvalue weighted by Gasteiger charge is 2.43. The lowest BCUT2D eigenvalue weighted by Gasteiger charge is -2.23. The lowest BCUT2D eigenvalue weighted by molar-refractivity contribution is -0.862. The van der Waals surface area contributed by atoms with Crippen LogP contribution in [0.4, 0.5) is 5.69 Å². The summed E-state index contributed by atoms with van der Waals surface area (Å²) in [7, 11) is 1.79. The molecule has 3 N–H and O–H groups in total. The van der Waals surface area contributed by atoms with Gasteiger partial charge in [0.25, 0.3) is 11.8 Å². The van der Waals surface area contributed by atoms with Crippen molar-refractivity contribution in [1.29, 1.82) is 5.26 Å². The summed E-state index contributed by atoms with van der Waals surface area (Å²) >= 11 is 0. The molecule has 0 radical (unpaired) electrons. The number of quaternary nitrogens is 1. The normalized spacial score (nSPS) is 17.1. The van der Waals surface area contributed by atoms with Crippen LogP contribution in [0.1, 0.15) is 30.9 Å². The van der Waals surface area contributed by atoms with Crippen LogP contribution < -0.4 is 15.5 Å². The summed E-state index contributed by atoms with van der Waals surface area (Å²) in [5.41, 5.74) is 2.17. The summed E-state index contributed by atoms with van der Waals surface area (Å²) in [5, 5.41) is 15.0. The summed E-state index contributed by atoms with van der Waals surface area (Å²) < 4.78 is 0. The fourth-order valence-electron chi connectivity index (χ4n) is 2.91. The Kier molecular flexibility index (Phi) is 5.81. The number of nitrogens with zero attached hydrogens (tertiary/aromatic N) is 1. The number of hydrogen-bond acceptors (Lipinski definition) is 3. The Bertz CT molecular complexity index is 706. The number of amides is 2. The van der Waals surface area contributed by atoms with E-state index in [-0.39, 0.29) is 30.8 Å². The number of aryl methyl sites for hydroxylation is 1. The standard InChI is InChI=1S/C19H26N4O2/c1-13-6-5-7-16(14(13)2)21-17(24)10-23(4)11-18(25)22-19(3,12-20)15-8-9-15/h5-7,15H,8-11H2,1-4H3,(H,21,24)(H,22,25)/p+1/t19-/m1/s1. The summed E-state index contributed by atoms with van der Waals surface area (Å²) in [5.74, 6) is -0.0911. The molecule has 6 heteroatoms. The second-order valence-electron chi connectivity index (χ2n) is 7.24. The van der Waals surface area contributed by atoms with Gasteiger partial charge in [-0.05, 0) is 56.7 Å². The highest BCUT2D eigenvalue weighted by Crippen LogP contribution is 2.39. The molecule has 1 aromatic carbocycles. The van der Waals surface area contributed by atoms with Crippen molar-refractivity contribution < 1.29 is 14.5 Å². The van der Waals surface area contributed by atoms with Crippen LogP contribution in [0, 0.1) is 31.1 Å². The van der Waals surface area contributed by atoms with Crippen molar-refractivity contribution in [2.24, 2.45) is 5.92 Å². The van der Waals surface area contributed by atoms with Gasteiger partial charge < -0.3 is 15.5 Å². The van der Waals surface area contributed by atoms with Crippen LogP contribution in [0.25, 0.3) is 0 Å². The number of nitrogens with one attached hydrogen (secondary N) is 3. The van der Waals surface area contributed by atoms with Gasteiger partial charge in [-0.3, -0.25) is 9.59 Å². The van der Waals surface area contributed by atoms with E-state index in [1.165, 1.54) is 0 Å². The van der Waals surface area contributed by atoms with Gasteiger partial charge in [0, 0.05) is 5.69 Å². The SMILES string of the molecule is Cc1cccc(NC(=O)C[NH+](C)CC(=O)N[C@](C)(C#N)C2CC2)c1C. The minimum Gasteiger partial charge on any atom is -0.333 e. The van der Waals surface area contributed by atoms with E-state index < -0.39 is 5.54 Å². The second-order valence-corrected chi connectivity index (χ2v) is 7.24. The molecule has 6 nitrogen and oxygen atoms in total. The average Bonchev–Trinajstić information content (AvgIpc) is 3.36. The van der Waals surface area contributed by atoms with E-state index in [9.17, 15) is 14.9 Å². The van der Waals surface area contributed by atoms with Crippen LogP contribution in [-0.4, -0.2) is 37.5 Å². The molecule has 2 amide bonds. The summed E-state index contributed by atoms with van der Waals surface area (Å²) in [6.45, 7) is 6.08. The van der Waals surface area contributed by atoms with E-state index in [2.05, 4.69) is 16.7 Å². The molecule has 1 aromatic rings. The van der Waals surface area contributed by atoms with Crippen molar-refractivity contribution in [3.63, 3.8) is 0 Å². The third kappa shape index (κ3) is 5.04. The first-order valence-corrected chi connectivity index (χ1v) is 8.65. The van der Waals surface area contributed by atoms with Crippen LogP contribution in [0.15, 0.2) is 18.2 Å². The van der Waals surface area contributed by atoms with E-state index in [4.69, 9.17) is 0 Å². The minimum absolute atomic E-state index is 0.135. The maximum absolute atomic E-state index is 12.2. The van der Waals surface area contributed by atoms with Crippen molar-refractivity contribution in [3.05, 3.63) is 29.3 Å². The van der Waals surface area contributed by atoms with Gasteiger partial charge in [0.05, 0.1) is 13.1 Å². The molecule has 2 rings (SSSR count). The molecule has 2 atom stereocenters. The molecule has 1 saturated carbocycles.